The van der Waals surface area contributed by atoms with Crippen LogP contribution in [0.2, 0.25) is 0 Å². The van der Waals surface area contributed by atoms with Gasteiger partial charge in [-0.2, -0.15) is 5.10 Å². The van der Waals surface area contributed by atoms with Gasteiger partial charge < -0.3 is 5.73 Å². The number of nitrogen functional groups attached to an aromatic ring is 1. The molecule has 1 saturated carbocycles. The minimum atomic E-state index is -0.230. The van der Waals surface area contributed by atoms with Gasteiger partial charge in [0.2, 0.25) is 0 Å². The number of nitrogens with zero attached hydrogens (tertiary/aromatic N) is 2. The predicted octanol–water partition coefficient (Wildman–Crippen LogP) is 4.03. The van der Waals surface area contributed by atoms with Crippen LogP contribution in [0, 0.1) is 5.82 Å². The number of anilines is 1. The van der Waals surface area contributed by atoms with Crippen molar-refractivity contribution in [1.82, 2.24) is 9.78 Å². The molecule has 21 heavy (non-hydrogen) atoms. The molecule has 1 fully saturated rings. The highest BCUT2D eigenvalue weighted by atomic mass is 19.1. The summed E-state index contributed by atoms with van der Waals surface area (Å²) in [5.41, 5.74) is 9.30. The fourth-order valence-corrected chi connectivity index (χ4v) is 3.43. The fourth-order valence-electron chi connectivity index (χ4n) is 3.43. The largest absolute Gasteiger partial charge is 0.383 e. The molecule has 0 radical (unpaired) electrons. The zero-order chi connectivity index (χ0) is 15.0. The van der Waals surface area contributed by atoms with Crippen molar-refractivity contribution in [1.29, 1.82) is 0 Å². The van der Waals surface area contributed by atoms with Gasteiger partial charge in [0, 0.05) is 18.0 Å². The first-order valence-electron chi connectivity index (χ1n) is 7.60. The molecule has 0 atom stereocenters. The Morgan fingerprint density at radius 3 is 2.38 bits per heavy atom. The van der Waals surface area contributed by atoms with Crippen LogP contribution in [0.25, 0.3) is 11.1 Å². The van der Waals surface area contributed by atoms with Crippen molar-refractivity contribution >= 4 is 5.82 Å². The van der Waals surface area contributed by atoms with Gasteiger partial charge in [-0.05, 0) is 30.5 Å². The number of hydrogen-bond acceptors (Lipinski definition) is 2. The van der Waals surface area contributed by atoms with E-state index in [0.29, 0.717) is 5.82 Å². The van der Waals surface area contributed by atoms with Crippen molar-refractivity contribution in [2.75, 3.05) is 5.73 Å². The molecule has 3 nitrogen and oxygen atoms in total. The van der Waals surface area contributed by atoms with Crippen LogP contribution in [0.15, 0.2) is 24.3 Å². The van der Waals surface area contributed by atoms with Crippen molar-refractivity contribution in [3.63, 3.8) is 0 Å². The Morgan fingerprint density at radius 2 is 1.76 bits per heavy atom. The molecule has 2 N–H and O–H groups in total. The molecule has 2 aromatic rings. The lowest BCUT2D eigenvalue weighted by Crippen LogP contribution is -2.26. The van der Waals surface area contributed by atoms with E-state index in [4.69, 9.17) is 10.8 Å². The van der Waals surface area contributed by atoms with Gasteiger partial charge >= 0.3 is 0 Å². The lowest BCUT2D eigenvalue weighted by Gasteiger charge is -2.32. The van der Waals surface area contributed by atoms with Gasteiger partial charge in [0.05, 0.1) is 5.69 Å². The lowest BCUT2D eigenvalue weighted by molar-refractivity contribution is 0.311. The monoisotopic (exact) mass is 287 g/mol. The highest BCUT2D eigenvalue weighted by molar-refractivity contribution is 5.77. The minimum Gasteiger partial charge on any atom is -0.383 e. The van der Waals surface area contributed by atoms with Gasteiger partial charge in [0.1, 0.15) is 11.6 Å². The maximum absolute atomic E-state index is 13.2. The highest BCUT2D eigenvalue weighted by Gasteiger charge is 2.35. The van der Waals surface area contributed by atoms with Crippen molar-refractivity contribution in [2.45, 2.75) is 44.4 Å². The summed E-state index contributed by atoms with van der Waals surface area (Å²) in [5, 5.41) is 4.70. The maximum Gasteiger partial charge on any atom is 0.129 e. The number of hydrogen-bond donors (Lipinski definition) is 1. The van der Waals surface area contributed by atoms with E-state index in [1.165, 1.54) is 31.4 Å². The number of benzene rings is 1. The Labute approximate surface area is 125 Å². The Morgan fingerprint density at radius 1 is 1.14 bits per heavy atom. The zero-order valence-corrected chi connectivity index (χ0v) is 12.7. The Balaban J connectivity index is 2.13. The van der Waals surface area contributed by atoms with E-state index in [1.807, 2.05) is 7.05 Å². The van der Waals surface area contributed by atoms with E-state index in [2.05, 4.69) is 6.92 Å². The molecule has 112 valence electrons. The summed E-state index contributed by atoms with van der Waals surface area (Å²) >= 11 is 0. The summed E-state index contributed by atoms with van der Waals surface area (Å²) < 4.78 is 14.9. The number of aromatic nitrogens is 2. The van der Waals surface area contributed by atoms with Gasteiger partial charge in [0.25, 0.3) is 0 Å². The molecule has 1 aromatic heterocycles. The van der Waals surface area contributed by atoms with Gasteiger partial charge in [0.15, 0.2) is 0 Å². The average Bonchev–Trinajstić information content (AvgIpc) is 2.78. The molecule has 1 aliphatic carbocycles. The van der Waals surface area contributed by atoms with Crippen molar-refractivity contribution in [2.24, 2.45) is 7.05 Å². The van der Waals surface area contributed by atoms with Crippen LogP contribution in [0.4, 0.5) is 10.2 Å². The quantitative estimate of drug-likeness (QED) is 0.906. The Bertz CT molecular complexity index is 637. The molecule has 1 heterocycles. The van der Waals surface area contributed by atoms with Crippen LogP contribution < -0.4 is 5.73 Å². The molecule has 0 bridgehead atoms. The summed E-state index contributed by atoms with van der Waals surface area (Å²) in [5.74, 6) is 0.426. The number of halogens is 1. The summed E-state index contributed by atoms with van der Waals surface area (Å²) in [6.07, 6.45) is 6.03. The average molecular weight is 287 g/mol. The lowest BCUT2D eigenvalue weighted by atomic mass is 9.72. The summed E-state index contributed by atoms with van der Waals surface area (Å²) in [6, 6.07) is 6.54. The second kappa shape index (κ2) is 5.17. The van der Waals surface area contributed by atoms with Crippen molar-refractivity contribution in [3.8, 4) is 11.1 Å². The van der Waals surface area contributed by atoms with Gasteiger partial charge in [-0.25, -0.2) is 4.39 Å². The topological polar surface area (TPSA) is 43.8 Å². The first kappa shape index (κ1) is 14.1. The second-order valence-electron chi connectivity index (χ2n) is 6.36. The summed E-state index contributed by atoms with van der Waals surface area (Å²) in [4.78, 5) is 0. The predicted molar refractivity (Wildman–Crippen MR) is 83.5 cm³/mol. The Hall–Kier alpha value is -1.84. The summed E-state index contributed by atoms with van der Waals surface area (Å²) in [7, 11) is 1.87. The normalized spacial score (nSPS) is 17.9. The second-order valence-corrected chi connectivity index (χ2v) is 6.36. The number of rotatable bonds is 2. The molecular formula is C17H22FN3. The fraction of sp³-hybridized carbons (Fsp3) is 0.471. The van der Waals surface area contributed by atoms with Crippen molar-refractivity contribution < 1.29 is 4.39 Å². The Kier molecular flexibility index (Phi) is 3.47. The van der Waals surface area contributed by atoms with E-state index in [0.717, 1.165) is 29.7 Å². The van der Waals surface area contributed by atoms with Gasteiger partial charge in [-0.15, -0.1) is 0 Å². The van der Waals surface area contributed by atoms with E-state index in [9.17, 15) is 4.39 Å². The maximum atomic E-state index is 13.2. The number of nitrogens with two attached hydrogens (primary N) is 1. The van der Waals surface area contributed by atoms with Crippen LogP contribution in [-0.4, -0.2) is 9.78 Å². The van der Waals surface area contributed by atoms with Crippen LogP contribution in [-0.2, 0) is 12.5 Å². The zero-order valence-electron chi connectivity index (χ0n) is 12.7. The molecule has 0 amide bonds. The third-order valence-electron chi connectivity index (χ3n) is 4.75. The van der Waals surface area contributed by atoms with E-state index in [1.54, 1.807) is 16.8 Å². The number of aryl methyl sites for hydroxylation is 1. The minimum absolute atomic E-state index is 0.0668. The molecule has 1 aliphatic rings. The third-order valence-corrected chi connectivity index (χ3v) is 4.75. The van der Waals surface area contributed by atoms with Gasteiger partial charge in [-0.3, -0.25) is 4.68 Å². The standard InChI is InChI=1S/C17H22FN3/c1-17(10-4-3-5-11-17)15-14(16(19)21(2)20-15)12-6-8-13(18)9-7-12/h6-9H,3-5,10-11,19H2,1-2H3. The molecule has 1 aromatic carbocycles. The van der Waals surface area contributed by atoms with Gasteiger partial charge in [-0.1, -0.05) is 38.3 Å². The SMILES string of the molecule is Cn1nc(C2(C)CCCCC2)c(-c2ccc(F)cc2)c1N. The molecule has 0 saturated heterocycles. The molecule has 0 aliphatic heterocycles. The van der Waals surface area contributed by atoms with E-state index in [-0.39, 0.29) is 11.2 Å². The van der Waals surface area contributed by atoms with E-state index >= 15 is 0 Å². The van der Waals surface area contributed by atoms with Crippen molar-refractivity contribution in [3.05, 3.63) is 35.8 Å². The molecular weight excluding hydrogens is 265 g/mol. The van der Waals surface area contributed by atoms with E-state index < -0.39 is 0 Å². The van der Waals surface area contributed by atoms with Crippen LogP contribution >= 0.6 is 0 Å². The molecule has 0 spiro atoms. The molecule has 4 heteroatoms. The highest BCUT2D eigenvalue weighted by Crippen LogP contribution is 2.44. The molecule has 0 unspecified atom stereocenters. The summed E-state index contributed by atoms with van der Waals surface area (Å²) in [6.45, 7) is 2.28. The first-order chi connectivity index (χ1) is 10.0. The van der Waals surface area contributed by atoms with Crippen LogP contribution in [0.3, 0.4) is 0 Å². The van der Waals surface area contributed by atoms with Crippen LogP contribution in [0.5, 0.6) is 0 Å². The molecule has 3 rings (SSSR count). The first-order valence-corrected chi connectivity index (χ1v) is 7.60. The smallest absolute Gasteiger partial charge is 0.129 e. The third kappa shape index (κ3) is 2.43. The van der Waals surface area contributed by atoms with Crippen LogP contribution in [0.1, 0.15) is 44.7 Å².